The molecule has 212 valence electrons. The van der Waals surface area contributed by atoms with Crippen molar-refractivity contribution >= 4 is 28.7 Å². The van der Waals surface area contributed by atoms with E-state index in [1.807, 2.05) is 16.8 Å². The third-order valence-corrected chi connectivity index (χ3v) is 7.55. The molecule has 0 N–H and O–H groups in total. The van der Waals surface area contributed by atoms with Crippen LogP contribution in [-0.4, -0.2) is 55.2 Å². The number of aromatic nitrogens is 6. The molecule has 1 aliphatic carbocycles. The molecule has 14 heteroatoms. The third-order valence-electron chi connectivity index (χ3n) is 7.15. The quantitative estimate of drug-likeness (QED) is 0.225. The number of aryl methyl sites for hydroxylation is 1. The maximum Gasteiger partial charge on any atom is 0.434 e. The Morgan fingerprint density at radius 2 is 1.88 bits per heavy atom. The Labute approximate surface area is 237 Å². The Bertz CT molecular complexity index is 1670. The SMILES string of the molecule is COc1ncnc(C2CC2)c1-c1ncc2c(n1)N(Cc1ccc(-c3nc(C(F)(F)F)cn3C)c(F)c1)CC(=S)N2C. The summed E-state index contributed by atoms with van der Waals surface area (Å²) in [4.78, 5) is 26.2. The van der Waals surface area contributed by atoms with Gasteiger partial charge in [0.2, 0.25) is 5.88 Å². The van der Waals surface area contributed by atoms with Gasteiger partial charge in [-0.25, -0.2) is 29.3 Å². The van der Waals surface area contributed by atoms with Gasteiger partial charge in [-0.1, -0.05) is 18.3 Å². The molecule has 1 fully saturated rings. The molecular formula is C27H24F4N8OS. The summed E-state index contributed by atoms with van der Waals surface area (Å²) in [7, 11) is 4.76. The molecule has 0 saturated heterocycles. The molecule has 4 aromatic rings. The molecule has 6 rings (SSSR count). The van der Waals surface area contributed by atoms with Crippen molar-refractivity contribution in [1.29, 1.82) is 0 Å². The molecule has 1 saturated carbocycles. The first kappa shape index (κ1) is 27.0. The Balaban J connectivity index is 1.35. The van der Waals surface area contributed by atoms with E-state index in [0.717, 1.165) is 29.3 Å². The lowest BCUT2D eigenvalue weighted by Crippen LogP contribution is -2.43. The fraction of sp³-hybridized carbons (Fsp3) is 0.333. The average Bonchev–Trinajstić information content (AvgIpc) is 3.71. The number of hydrogen-bond donors (Lipinski definition) is 0. The number of fused-ring (bicyclic) bond motifs is 1. The summed E-state index contributed by atoms with van der Waals surface area (Å²) in [6.45, 7) is 0.575. The van der Waals surface area contributed by atoms with Crippen molar-refractivity contribution in [3.05, 3.63) is 59.7 Å². The van der Waals surface area contributed by atoms with Gasteiger partial charge in [0.15, 0.2) is 17.3 Å². The van der Waals surface area contributed by atoms with Crippen LogP contribution in [0.25, 0.3) is 22.8 Å². The molecule has 0 spiro atoms. The Hall–Kier alpha value is -4.20. The zero-order valence-corrected chi connectivity index (χ0v) is 23.1. The summed E-state index contributed by atoms with van der Waals surface area (Å²) in [6.07, 6.45) is 1.39. The van der Waals surface area contributed by atoms with Crippen molar-refractivity contribution in [3.8, 4) is 28.7 Å². The van der Waals surface area contributed by atoms with Crippen molar-refractivity contribution in [2.45, 2.75) is 31.5 Å². The Kier molecular flexibility index (Phi) is 6.59. The molecule has 0 unspecified atom stereocenters. The van der Waals surface area contributed by atoms with E-state index in [9.17, 15) is 13.2 Å². The standard InChI is InChI=1S/C27H24F4N8OS/c1-37-11-19(27(29,30)31)35-24(37)16-7-4-14(8-17(16)28)10-39-12-20(41)38(2)18-9-32-23(36-25(18)39)21-22(15-5-6-15)33-13-34-26(21)40-3/h4,7-9,11,13,15H,5-6,10,12H2,1-3H3. The lowest BCUT2D eigenvalue weighted by molar-refractivity contribution is -0.140. The summed E-state index contributed by atoms with van der Waals surface area (Å²) in [5, 5.41) is 0. The molecule has 4 heterocycles. The van der Waals surface area contributed by atoms with E-state index in [1.165, 1.54) is 32.6 Å². The van der Waals surface area contributed by atoms with Gasteiger partial charge in [-0.3, -0.25) is 0 Å². The average molecular weight is 585 g/mol. The number of thiocarbonyl (C=S) groups is 1. The normalized spacial score (nSPS) is 15.3. The van der Waals surface area contributed by atoms with Gasteiger partial charge in [0.1, 0.15) is 34.2 Å². The van der Waals surface area contributed by atoms with Crippen molar-refractivity contribution in [1.82, 2.24) is 29.5 Å². The van der Waals surface area contributed by atoms with Crippen molar-refractivity contribution < 1.29 is 22.3 Å². The number of halogens is 4. The smallest absolute Gasteiger partial charge is 0.434 e. The summed E-state index contributed by atoms with van der Waals surface area (Å²) < 4.78 is 61.3. The molecule has 9 nitrogen and oxygen atoms in total. The van der Waals surface area contributed by atoms with Gasteiger partial charge in [-0.15, -0.1) is 0 Å². The first-order chi connectivity index (χ1) is 19.5. The van der Waals surface area contributed by atoms with Gasteiger partial charge in [0, 0.05) is 32.8 Å². The summed E-state index contributed by atoms with van der Waals surface area (Å²) in [5.74, 6) is 0.864. The number of alkyl halides is 3. The second kappa shape index (κ2) is 10.0. The van der Waals surface area contributed by atoms with Gasteiger partial charge in [0.05, 0.1) is 31.1 Å². The van der Waals surface area contributed by atoms with Crippen molar-refractivity contribution in [2.24, 2.45) is 7.05 Å². The zero-order chi connectivity index (χ0) is 29.1. The fourth-order valence-electron chi connectivity index (χ4n) is 4.89. The van der Waals surface area contributed by atoms with Gasteiger partial charge < -0.3 is 19.1 Å². The molecule has 0 atom stereocenters. The lowest BCUT2D eigenvalue weighted by Gasteiger charge is -2.36. The molecular weight excluding hydrogens is 560 g/mol. The van der Waals surface area contributed by atoms with Gasteiger partial charge >= 0.3 is 6.18 Å². The van der Waals surface area contributed by atoms with Crippen LogP contribution in [-0.2, 0) is 19.8 Å². The highest BCUT2D eigenvalue weighted by molar-refractivity contribution is 7.80. The lowest BCUT2D eigenvalue weighted by atomic mass is 10.1. The molecule has 2 aliphatic rings. The van der Waals surface area contributed by atoms with Crippen LogP contribution in [0.4, 0.5) is 29.1 Å². The highest BCUT2D eigenvalue weighted by atomic mass is 32.1. The fourth-order valence-corrected chi connectivity index (χ4v) is 5.15. The van der Waals surface area contributed by atoms with Gasteiger partial charge in [-0.2, -0.15) is 13.2 Å². The highest BCUT2D eigenvalue weighted by Crippen LogP contribution is 2.45. The van der Waals surface area contributed by atoms with E-state index in [-0.39, 0.29) is 17.9 Å². The van der Waals surface area contributed by atoms with Crippen LogP contribution in [0.2, 0.25) is 0 Å². The van der Waals surface area contributed by atoms with Crippen molar-refractivity contribution in [2.75, 3.05) is 30.5 Å². The largest absolute Gasteiger partial charge is 0.480 e. The zero-order valence-electron chi connectivity index (χ0n) is 22.3. The predicted octanol–water partition coefficient (Wildman–Crippen LogP) is 5.16. The summed E-state index contributed by atoms with van der Waals surface area (Å²) in [5.41, 5.74) is 1.62. The molecule has 0 radical (unpaired) electrons. The second-order valence-electron chi connectivity index (χ2n) is 10.0. The molecule has 0 bridgehead atoms. The van der Waals surface area contributed by atoms with Gasteiger partial charge in [0.25, 0.3) is 0 Å². The maximum atomic E-state index is 15.3. The predicted molar refractivity (Wildman–Crippen MR) is 147 cm³/mol. The molecule has 1 aromatic carbocycles. The number of hydrogen-bond acceptors (Lipinski definition) is 8. The van der Waals surface area contributed by atoms with E-state index in [0.29, 0.717) is 51.8 Å². The number of ether oxygens (including phenoxy) is 1. The minimum Gasteiger partial charge on any atom is -0.480 e. The Morgan fingerprint density at radius 1 is 1.10 bits per heavy atom. The van der Waals surface area contributed by atoms with E-state index in [2.05, 4.69) is 19.9 Å². The minimum absolute atomic E-state index is 0.0329. The van der Waals surface area contributed by atoms with Crippen LogP contribution in [0, 0.1) is 5.82 Å². The number of rotatable bonds is 6. The topological polar surface area (TPSA) is 85.1 Å². The number of methoxy groups -OCH3 is 1. The highest BCUT2D eigenvalue weighted by Gasteiger charge is 2.35. The van der Waals surface area contributed by atoms with Crippen LogP contribution < -0.4 is 14.5 Å². The van der Waals surface area contributed by atoms with E-state index >= 15 is 4.39 Å². The molecule has 1 aliphatic heterocycles. The first-order valence-electron chi connectivity index (χ1n) is 12.7. The molecule has 41 heavy (non-hydrogen) atoms. The number of likely N-dealkylation sites (N-methyl/N-ethyl adjacent to an activating group) is 1. The minimum atomic E-state index is -4.63. The summed E-state index contributed by atoms with van der Waals surface area (Å²) >= 11 is 5.60. The van der Waals surface area contributed by atoms with Crippen molar-refractivity contribution in [3.63, 3.8) is 0 Å². The van der Waals surface area contributed by atoms with E-state index in [4.69, 9.17) is 21.9 Å². The Morgan fingerprint density at radius 3 is 2.54 bits per heavy atom. The number of anilines is 2. The number of nitrogens with zero attached hydrogens (tertiary/aromatic N) is 8. The van der Waals surface area contributed by atoms with E-state index in [1.54, 1.807) is 12.3 Å². The van der Waals surface area contributed by atoms with Crippen LogP contribution in [0.3, 0.4) is 0 Å². The number of benzene rings is 1. The summed E-state index contributed by atoms with van der Waals surface area (Å²) in [6, 6.07) is 4.38. The van der Waals surface area contributed by atoms with Gasteiger partial charge in [-0.05, 0) is 30.5 Å². The maximum absolute atomic E-state index is 15.3. The second-order valence-corrected chi connectivity index (χ2v) is 10.5. The van der Waals surface area contributed by atoms with Crippen LogP contribution in [0.15, 0.2) is 36.9 Å². The third kappa shape index (κ3) is 4.96. The monoisotopic (exact) mass is 584 g/mol. The van der Waals surface area contributed by atoms with Crippen LogP contribution >= 0.6 is 12.2 Å². The molecule has 0 amide bonds. The van der Waals surface area contributed by atoms with Crippen LogP contribution in [0.1, 0.15) is 35.7 Å². The molecule has 3 aromatic heterocycles. The first-order valence-corrected chi connectivity index (χ1v) is 13.1. The number of imidazole rings is 1. The van der Waals surface area contributed by atoms with Crippen LogP contribution in [0.5, 0.6) is 5.88 Å². The van der Waals surface area contributed by atoms with E-state index < -0.39 is 17.7 Å².